The van der Waals surface area contributed by atoms with E-state index < -0.39 is 0 Å². The highest BCUT2D eigenvalue weighted by atomic mass is 32.1. The zero-order valence-electron chi connectivity index (χ0n) is 11.5. The quantitative estimate of drug-likeness (QED) is 0.920. The maximum absolute atomic E-state index is 9.17. The van der Waals surface area contributed by atoms with Crippen molar-refractivity contribution in [2.24, 2.45) is 0 Å². The number of aliphatic hydroxyl groups excluding tert-OH is 1. The topological polar surface area (TPSA) is 49.5 Å². The Hall–Kier alpha value is -1.17. The standard InChI is InChI=1S/C15H20N2O2S/c18-8-6-13-4-1-2-7-17(13)11-12-10-14(19-16-12)15-5-3-9-20-15/h3,5,9-10,13,18H,1-2,4,6-8,11H2. The number of hydrogen-bond acceptors (Lipinski definition) is 5. The summed E-state index contributed by atoms with van der Waals surface area (Å²) in [7, 11) is 0. The van der Waals surface area contributed by atoms with Crippen LogP contribution in [0.2, 0.25) is 0 Å². The third-order valence-electron chi connectivity index (χ3n) is 3.90. The second-order valence-corrected chi connectivity index (χ2v) is 6.24. The molecule has 3 rings (SSSR count). The highest BCUT2D eigenvalue weighted by Gasteiger charge is 2.23. The molecule has 0 saturated carbocycles. The maximum atomic E-state index is 9.17. The van der Waals surface area contributed by atoms with E-state index in [9.17, 15) is 5.11 Å². The van der Waals surface area contributed by atoms with Gasteiger partial charge >= 0.3 is 0 Å². The monoisotopic (exact) mass is 292 g/mol. The summed E-state index contributed by atoms with van der Waals surface area (Å²) in [4.78, 5) is 3.55. The van der Waals surface area contributed by atoms with Crippen molar-refractivity contribution in [2.45, 2.75) is 38.3 Å². The van der Waals surface area contributed by atoms with Gasteiger partial charge in [-0.1, -0.05) is 17.6 Å². The van der Waals surface area contributed by atoms with Gasteiger partial charge in [-0.2, -0.15) is 0 Å². The lowest BCUT2D eigenvalue weighted by molar-refractivity contribution is 0.110. The van der Waals surface area contributed by atoms with E-state index in [1.807, 2.05) is 23.6 Å². The first-order valence-corrected chi connectivity index (χ1v) is 8.09. The molecular weight excluding hydrogens is 272 g/mol. The predicted molar refractivity (Wildman–Crippen MR) is 79.6 cm³/mol. The Labute approximate surface area is 123 Å². The van der Waals surface area contributed by atoms with Crippen molar-refractivity contribution in [1.82, 2.24) is 10.1 Å². The fourth-order valence-electron chi connectivity index (χ4n) is 2.87. The molecule has 2 aromatic heterocycles. The van der Waals surface area contributed by atoms with Gasteiger partial charge in [0, 0.05) is 25.3 Å². The molecule has 1 N–H and O–H groups in total. The molecule has 20 heavy (non-hydrogen) atoms. The van der Waals surface area contributed by atoms with Crippen LogP contribution in [0.5, 0.6) is 0 Å². The molecule has 5 heteroatoms. The third kappa shape index (κ3) is 3.11. The summed E-state index contributed by atoms with van der Waals surface area (Å²) < 4.78 is 5.43. The molecule has 0 aromatic carbocycles. The van der Waals surface area contributed by atoms with Gasteiger partial charge in [-0.05, 0) is 37.3 Å². The Morgan fingerprint density at radius 3 is 3.20 bits per heavy atom. The number of thiophene rings is 1. The van der Waals surface area contributed by atoms with Crippen molar-refractivity contribution in [2.75, 3.05) is 13.2 Å². The molecule has 3 heterocycles. The van der Waals surface area contributed by atoms with Crippen molar-refractivity contribution in [1.29, 1.82) is 0 Å². The molecule has 1 aliphatic rings. The summed E-state index contributed by atoms with van der Waals surface area (Å²) >= 11 is 1.66. The smallest absolute Gasteiger partial charge is 0.177 e. The van der Waals surface area contributed by atoms with Crippen molar-refractivity contribution >= 4 is 11.3 Å². The Morgan fingerprint density at radius 2 is 2.40 bits per heavy atom. The van der Waals surface area contributed by atoms with E-state index in [2.05, 4.69) is 10.1 Å². The largest absolute Gasteiger partial charge is 0.396 e. The fourth-order valence-corrected chi connectivity index (χ4v) is 3.55. The number of piperidine rings is 1. The number of nitrogens with zero attached hydrogens (tertiary/aromatic N) is 2. The Balaban J connectivity index is 1.67. The summed E-state index contributed by atoms with van der Waals surface area (Å²) in [5.74, 6) is 0.853. The van der Waals surface area contributed by atoms with Crippen LogP contribution in [0.4, 0.5) is 0 Å². The molecule has 0 radical (unpaired) electrons. The summed E-state index contributed by atoms with van der Waals surface area (Å²) in [6.07, 6.45) is 4.53. The molecule has 2 aromatic rings. The molecule has 4 nitrogen and oxygen atoms in total. The minimum atomic E-state index is 0.264. The molecular formula is C15H20N2O2S. The van der Waals surface area contributed by atoms with Crippen molar-refractivity contribution in [3.05, 3.63) is 29.3 Å². The van der Waals surface area contributed by atoms with Gasteiger partial charge in [0.2, 0.25) is 0 Å². The van der Waals surface area contributed by atoms with Crippen LogP contribution in [0, 0.1) is 0 Å². The number of hydrogen-bond donors (Lipinski definition) is 1. The second kappa shape index (κ2) is 6.52. The second-order valence-electron chi connectivity index (χ2n) is 5.29. The van der Waals surface area contributed by atoms with E-state index in [1.165, 1.54) is 19.3 Å². The lowest BCUT2D eigenvalue weighted by Crippen LogP contribution is -2.39. The third-order valence-corrected chi connectivity index (χ3v) is 4.78. The van der Waals surface area contributed by atoms with Gasteiger partial charge < -0.3 is 9.63 Å². The van der Waals surface area contributed by atoms with Gasteiger partial charge in [-0.3, -0.25) is 4.90 Å². The molecule has 0 bridgehead atoms. The molecule has 0 amide bonds. The zero-order chi connectivity index (χ0) is 13.8. The first-order chi connectivity index (χ1) is 9.86. The van der Waals surface area contributed by atoms with Gasteiger partial charge in [0.1, 0.15) is 0 Å². The summed E-state index contributed by atoms with van der Waals surface area (Å²) in [6.45, 7) is 2.17. The van der Waals surface area contributed by atoms with Crippen molar-refractivity contribution in [3.63, 3.8) is 0 Å². The molecule has 1 unspecified atom stereocenters. The number of aromatic nitrogens is 1. The lowest BCUT2D eigenvalue weighted by atomic mass is 9.99. The van der Waals surface area contributed by atoms with E-state index >= 15 is 0 Å². The first-order valence-electron chi connectivity index (χ1n) is 7.21. The van der Waals surface area contributed by atoms with Gasteiger partial charge in [0.05, 0.1) is 10.6 Å². The average Bonchev–Trinajstić information content (AvgIpc) is 3.12. The average molecular weight is 292 g/mol. The Kier molecular flexibility index (Phi) is 4.50. The van der Waals surface area contributed by atoms with Crippen LogP contribution in [-0.4, -0.2) is 34.4 Å². The van der Waals surface area contributed by atoms with Crippen LogP contribution in [-0.2, 0) is 6.54 Å². The van der Waals surface area contributed by atoms with Gasteiger partial charge in [0.25, 0.3) is 0 Å². The Bertz CT molecular complexity index is 522. The van der Waals surface area contributed by atoms with Gasteiger partial charge in [-0.25, -0.2) is 0 Å². The van der Waals surface area contributed by atoms with Crippen LogP contribution < -0.4 is 0 Å². The molecule has 1 saturated heterocycles. The normalized spacial score (nSPS) is 20.4. The zero-order valence-corrected chi connectivity index (χ0v) is 12.3. The van der Waals surface area contributed by atoms with Gasteiger partial charge in [0.15, 0.2) is 5.76 Å². The Morgan fingerprint density at radius 1 is 1.45 bits per heavy atom. The fraction of sp³-hybridized carbons (Fsp3) is 0.533. The SMILES string of the molecule is OCCC1CCCCN1Cc1cc(-c2cccs2)on1. The summed E-state index contributed by atoms with van der Waals surface area (Å²) in [5.41, 5.74) is 0.984. The molecule has 0 spiro atoms. The molecule has 1 atom stereocenters. The van der Waals surface area contributed by atoms with E-state index in [0.717, 1.165) is 35.8 Å². The maximum Gasteiger partial charge on any atom is 0.177 e. The minimum Gasteiger partial charge on any atom is -0.396 e. The summed E-state index contributed by atoms with van der Waals surface area (Å²) in [6, 6.07) is 6.58. The lowest BCUT2D eigenvalue weighted by Gasteiger charge is -2.34. The van der Waals surface area contributed by atoms with E-state index in [4.69, 9.17) is 4.52 Å². The molecule has 108 valence electrons. The number of likely N-dealkylation sites (tertiary alicyclic amines) is 1. The predicted octanol–water partition coefficient (Wildman–Crippen LogP) is 3.14. The first kappa shape index (κ1) is 13.8. The molecule has 0 aliphatic carbocycles. The van der Waals surface area contributed by atoms with Crippen LogP contribution in [0.3, 0.4) is 0 Å². The summed E-state index contributed by atoms with van der Waals surface area (Å²) in [5, 5.41) is 15.4. The van der Waals surface area contributed by atoms with E-state index in [-0.39, 0.29) is 6.61 Å². The van der Waals surface area contributed by atoms with E-state index in [1.54, 1.807) is 11.3 Å². The highest BCUT2D eigenvalue weighted by Crippen LogP contribution is 2.27. The number of rotatable bonds is 5. The molecule has 1 fully saturated rings. The molecule has 1 aliphatic heterocycles. The van der Waals surface area contributed by atoms with Crippen LogP contribution >= 0.6 is 11.3 Å². The van der Waals surface area contributed by atoms with Crippen LogP contribution in [0.1, 0.15) is 31.4 Å². The van der Waals surface area contributed by atoms with Gasteiger partial charge in [-0.15, -0.1) is 11.3 Å². The van der Waals surface area contributed by atoms with Crippen LogP contribution in [0.15, 0.2) is 28.1 Å². The van der Waals surface area contributed by atoms with Crippen LogP contribution in [0.25, 0.3) is 10.6 Å². The minimum absolute atomic E-state index is 0.264. The van der Waals surface area contributed by atoms with Crippen molar-refractivity contribution < 1.29 is 9.63 Å². The number of aliphatic hydroxyl groups is 1. The highest BCUT2D eigenvalue weighted by molar-refractivity contribution is 7.13. The van der Waals surface area contributed by atoms with Crippen molar-refractivity contribution in [3.8, 4) is 10.6 Å². The van der Waals surface area contributed by atoms with E-state index in [0.29, 0.717) is 6.04 Å².